The number of hydrogen-bond donors (Lipinski definition) is 0. The third kappa shape index (κ3) is 4.42. The highest BCUT2D eigenvalue weighted by molar-refractivity contribution is 7.25. The number of hydrogen-bond acceptors (Lipinski definition) is 1. The Morgan fingerprint density at radius 1 is 0.412 bits per heavy atom. The third-order valence-electron chi connectivity index (χ3n) is 10.8. The average molecular weight is 669 g/mol. The van der Waals surface area contributed by atoms with E-state index in [0.29, 0.717) is 0 Å². The van der Waals surface area contributed by atoms with E-state index < -0.39 is 0 Å². The lowest BCUT2D eigenvalue weighted by atomic mass is 9.98. The van der Waals surface area contributed by atoms with Gasteiger partial charge in [-0.2, -0.15) is 0 Å². The predicted molar refractivity (Wildman–Crippen MR) is 219 cm³/mol. The van der Waals surface area contributed by atoms with Crippen molar-refractivity contribution in [3.05, 3.63) is 175 Å². The monoisotopic (exact) mass is 668 g/mol. The van der Waals surface area contributed by atoms with Crippen LogP contribution in [0.3, 0.4) is 0 Å². The maximum atomic E-state index is 2.52. The van der Waals surface area contributed by atoms with Crippen LogP contribution >= 0.6 is 11.3 Å². The average Bonchev–Trinajstić information content (AvgIpc) is 3.85. The summed E-state index contributed by atoms with van der Waals surface area (Å²) in [6, 6.07) is 58.4. The van der Waals surface area contributed by atoms with Crippen molar-refractivity contribution in [1.82, 2.24) is 9.13 Å². The number of rotatable bonds is 4. The maximum Gasteiger partial charge on any atom is 0.0541 e. The predicted octanol–water partition coefficient (Wildman–Crippen LogP) is 13.4. The van der Waals surface area contributed by atoms with Gasteiger partial charge in [0, 0.05) is 59.0 Å². The van der Waals surface area contributed by atoms with Crippen molar-refractivity contribution in [2.45, 2.75) is 12.8 Å². The molecule has 3 heteroatoms. The number of allylic oxidation sites excluding steroid dienone is 1. The number of aromatic nitrogens is 2. The van der Waals surface area contributed by atoms with Crippen molar-refractivity contribution in [3.8, 4) is 33.6 Å². The Kier molecular flexibility index (Phi) is 6.28. The highest BCUT2D eigenvalue weighted by Crippen LogP contribution is 2.40. The fraction of sp³-hybridized carbons (Fsp3) is 0.0417. The van der Waals surface area contributed by atoms with Crippen LogP contribution < -0.4 is 0 Å². The second-order valence-corrected chi connectivity index (χ2v) is 14.7. The van der Waals surface area contributed by atoms with Crippen molar-refractivity contribution in [2.75, 3.05) is 0 Å². The minimum absolute atomic E-state index is 1.02. The van der Waals surface area contributed by atoms with Gasteiger partial charge < -0.3 is 9.13 Å². The standard InChI is InChI=1S/C48H32N2S/c1-6-16-43-37(11-1)38-12-2-7-17-44(38)49(43)35-27-34(28-36(30-35)50-45-18-8-3-13-39(45)40-14-4-9-19-46(40)50)32-23-21-31(22-24-32)33-25-26-42-41-15-5-10-20-47(41)51-48(42)29-33/h1-8,10-18,20-30H,9,19H2. The number of nitrogens with zero attached hydrogens (tertiary/aromatic N) is 2. The van der Waals surface area contributed by atoms with Crippen LogP contribution in [0.4, 0.5) is 0 Å². The summed E-state index contributed by atoms with van der Waals surface area (Å²) in [7, 11) is 0. The Morgan fingerprint density at radius 2 is 0.961 bits per heavy atom. The summed E-state index contributed by atoms with van der Waals surface area (Å²) in [5, 5.41) is 6.53. The summed E-state index contributed by atoms with van der Waals surface area (Å²) in [6.45, 7) is 0. The smallest absolute Gasteiger partial charge is 0.0541 e. The number of thiophene rings is 1. The van der Waals surface area contributed by atoms with Crippen molar-refractivity contribution < 1.29 is 0 Å². The molecule has 0 spiro atoms. The molecule has 3 heterocycles. The van der Waals surface area contributed by atoms with Crippen LogP contribution in [-0.2, 0) is 6.42 Å². The molecule has 3 aromatic heterocycles. The molecule has 7 aromatic carbocycles. The van der Waals surface area contributed by atoms with Gasteiger partial charge in [0.25, 0.3) is 0 Å². The molecule has 0 saturated carbocycles. The maximum absolute atomic E-state index is 2.52. The van der Waals surface area contributed by atoms with E-state index in [1.807, 2.05) is 11.3 Å². The quantitative estimate of drug-likeness (QED) is 0.177. The minimum Gasteiger partial charge on any atom is -0.313 e. The molecule has 10 aromatic rings. The Hall–Kier alpha value is -6.16. The Balaban J connectivity index is 1.11. The first kappa shape index (κ1) is 28.7. The summed E-state index contributed by atoms with van der Waals surface area (Å²) in [5.41, 5.74) is 13.7. The van der Waals surface area contributed by atoms with Gasteiger partial charge in [0.1, 0.15) is 0 Å². The lowest BCUT2D eigenvalue weighted by Crippen LogP contribution is -2.05. The molecule has 1 aliphatic rings. The van der Waals surface area contributed by atoms with Gasteiger partial charge in [0.05, 0.1) is 16.6 Å². The summed E-state index contributed by atoms with van der Waals surface area (Å²) < 4.78 is 7.64. The van der Waals surface area contributed by atoms with Crippen molar-refractivity contribution >= 4 is 70.3 Å². The second kappa shape index (κ2) is 11.2. The van der Waals surface area contributed by atoms with Crippen LogP contribution in [0.25, 0.3) is 92.6 Å². The van der Waals surface area contributed by atoms with E-state index in [0.717, 1.165) is 18.5 Å². The summed E-state index contributed by atoms with van der Waals surface area (Å²) in [5.74, 6) is 0. The molecule has 0 saturated heterocycles. The van der Waals surface area contributed by atoms with Gasteiger partial charge in [-0.25, -0.2) is 0 Å². The molecule has 11 rings (SSSR count). The molecule has 2 nitrogen and oxygen atoms in total. The van der Waals surface area contributed by atoms with E-state index >= 15 is 0 Å². The van der Waals surface area contributed by atoms with Crippen molar-refractivity contribution in [2.24, 2.45) is 0 Å². The van der Waals surface area contributed by atoms with Crippen LogP contribution in [0.5, 0.6) is 0 Å². The fourth-order valence-electron chi connectivity index (χ4n) is 8.45. The van der Waals surface area contributed by atoms with Gasteiger partial charge >= 0.3 is 0 Å². The topological polar surface area (TPSA) is 9.86 Å². The first-order valence-electron chi connectivity index (χ1n) is 17.7. The molecule has 0 fully saturated rings. The van der Waals surface area contributed by atoms with Gasteiger partial charge in [0.15, 0.2) is 0 Å². The van der Waals surface area contributed by atoms with Gasteiger partial charge in [-0.1, -0.05) is 121 Å². The Labute approximate surface area is 299 Å². The molecule has 0 N–H and O–H groups in total. The number of benzene rings is 7. The summed E-state index contributed by atoms with van der Waals surface area (Å²) in [6.07, 6.45) is 6.72. The first-order valence-corrected chi connectivity index (χ1v) is 18.6. The van der Waals surface area contributed by atoms with Crippen LogP contribution in [-0.4, -0.2) is 9.13 Å². The third-order valence-corrected chi connectivity index (χ3v) is 11.9. The fourth-order valence-corrected chi connectivity index (χ4v) is 9.59. The minimum atomic E-state index is 1.02. The summed E-state index contributed by atoms with van der Waals surface area (Å²) in [4.78, 5) is 0. The molecular formula is C48H32N2S. The molecule has 0 unspecified atom stereocenters. The highest BCUT2D eigenvalue weighted by Gasteiger charge is 2.20. The zero-order valence-electron chi connectivity index (χ0n) is 27.9. The normalized spacial score (nSPS) is 12.9. The molecule has 0 bridgehead atoms. The van der Waals surface area contributed by atoms with Crippen molar-refractivity contribution in [1.29, 1.82) is 0 Å². The molecule has 51 heavy (non-hydrogen) atoms. The molecule has 240 valence electrons. The molecule has 0 aliphatic heterocycles. The van der Waals surface area contributed by atoms with Crippen LogP contribution in [0.2, 0.25) is 0 Å². The number of para-hydroxylation sites is 3. The number of fused-ring (bicyclic) bond motifs is 9. The van der Waals surface area contributed by atoms with Crippen molar-refractivity contribution in [3.63, 3.8) is 0 Å². The van der Waals surface area contributed by atoms with E-state index in [-0.39, 0.29) is 0 Å². The van der Waals surface area contributed by atoms with Crippen LogP contribution in [0.1, 0.15) is 17.7 Å². The zero-order chi connectivity index (χ0) is 33.5. The van der Waals surface area contributed by atoms with Gasteiger partial charge in [-0.05, 0) is 83.6 Å². The van der Waals surface area contributed by atoms with Crippen LogP contribution in [0, 0.1) is 0 Å². The first-order chi connectivity index (χ1) is 25.3. The molecule has 0 atom stereocenters. The Bertz CT molecular complexity index is 2970. The van der Waals surface area contributed by atoms with E-state index in [2.05, 4.69) is 179 Å². The zero-order valence-corrected chi connectivity index (χ0v) is 28.7. The largest absolute Gasteiger partial charge is 0.313 e. The van der Waals surface area contributed by atoms with Crippen LogP contribution in [0.15, 0.2) is 164 Å². The highest BCUT2D eigenvalue weighted by atomic mass is 32.1. The van der Waals surface area contributed by atoms with E-state index in [9.17, 15) is 0 Å². The lowest BCUT2D eigenvalue weighted by Gasteiger charge is -2.18. The van der Waals surface area contributed by atoms with Gasteiger partial charge in [-0.3, -0.25) is 0 Å². The second-order valence-electron chi connectivity index (χ2n) is 13.6. The lowest BCUT2D eigenvalue weighted by molar-refractivity contribution is 0.888. The van der Waals surface area contributed by atoms with E-state index in [4.69, 9.17) is 0 Å². The van der Waals surface area contributed by atoms with E-state index in [1.54, 1.807) is 0 Å². The SMILES string of the molecule is C1=Cc2c(n(-c3cc(-c4ccc(-c5ccc6c(c5)sc5ccccc56)cc4)cc(-n4c5ccccc5c5ccccc54)c3)c3ccccc23)CC1. The molecule has 0 amide bonds. The molecule has 0 radical (unpaired) electrons. The van der Waals surface area contributed by atoms with Gasteiger partial charge in [-0.15, -0.1) is 11.3 Å². The summed E-state index contributed by atoms with van der Waals surface area (Å²) >= 11 is 1.87. The molecule has 1 aliphatic carbocycles. The van der Waals surface area contributed by atoms with Gasteiger partial charge in [0.2, 0.25) is 0 Å². The molecular weight excluding hydrogens is 637 g/mol. The van der Waals surface area contributed by atoms with E-state index in [1.165, 1.54) is 92.1 Å². The Morgan fingerprint density at radius 3 is 1.69 bits per heavy atom.